The molecular weight excluding hydrogens is 165 g/mol. The lowest BCUT2D eigenvalue weighted by molar-refractivity contribution is -0.125. The van der Waals surface area contributed by atoms with E-state index in [1.165, 1.54) is 6.08 Å². The van der Waals surface area contributed by atoms with Crippen molar-refractivity contribution in [2.24, 2.45) is 0 Å². The van der Waals surface area contributed by atoms with Crippen molar-refractivity contribution in [3.63, 3.8) is 0 Å². The van der Waals surface area contributed by atoms with E-state index >= 15 is 0 Å². The molecule has 0 radical (unpaired) electrons. The van der Waals surface area contributed by atoms with E-state index in [0.717, 1.165) is 6.08 Å². The molecular formula is C9H11F3. The van der Waals surface area contributed by atoms with Gasteiger partial charge in [-0.05, 0) is 6.92 Å². The predicted octanol–water partition coefficient (Wildman–Crippen LogP) is 3.63. The van der Waals surface area contributed by atoms with E-state index in [-0.39, 0.29) is 0 Å². The topological polar surface area (TPSA) is 0 Å². The molecule has 0 saturated carbocycles. The quantitative estimate of drug-likeness (QED) is 0.576. The number of allylic oxidation sites excluding steroid dienone is 5. The molecule has 0 spiro atoms. The van der Waals surface area contributed by atoms with Gasteiger partial charge in [0.05, 0.1) is 6.42 Å². The van der Waals surface area contributed by atoms with Crippen molar-refractivity contribution in [2.45, 2.75) is 19.5 Å². The second-order valence-electron chi connectivity index (χ2n) is 2.36. The minimum absolute atomic E-state index is 0.590. The third-order valence-electron chi connectivity index (χ3n) is 1.15. The van der Waals surface area contributed by atoms with Gasteiger partial charge in [-0.3, -0.25) is 0 Å². The van der Waals surface area contributed by atoms with Gasteiger partial charge in [0.1, 0.15) is 0 Å². The number of rotatable bonds is 3. The Bertz CT molecular complexity index is 196. The highest BCUT2D eigenvalue weighted by Gasteiger charge is 2.24. The zero-order valence-corrected chi connectivity index (χ0v) is 6.86. The van der Waals surface area contributed by atoms with Gasteiger partial charge in [-0.1, -0.05) is 36.5 Å². The maximum atomic E-state index is 11.6. The molecule has 0 unspecified atom stereocenters. The van der Waals surface area contributed by atoms with E-state index in [1.807, 2.05) is 0 Å². The fourth-order valence-corrected chi connectivity index (χ4v) is 0.565. The van der Waals surface area contributed by atoms with Crippen molar-refractivity contribution < 1.29 is 13.2 Å². The molecule has 12 heavy (non-hydrogen) atoms. The Morgan fingerprint density at radius 3 is 2.42 bits per heavy atom. The highest BCUT2D eigenvalue weighted by molar-refractivity contribution is 5.19. The van der Waals surface area contributed by atoms with Crippen LogP contribution in [0.2, 0.25) is 0 Å². The Morgan fingerprint density at radius 2 is 2.00 bits per heavy atom. The Kier molecular flexibility index (Phi) is 4.40. The molecule has 0 rings (SSSR count). The Balaban J connectivity index is 4.01. The summed E-state index contributed by atoms with van der Waals surface area (Å²) in [5, 5.41) is 0. The van der Waals surface area contributed by atoms with E-state index in [0.29, 0.717) is 5.57 Å². The van der Waals surface area contributed by atoms with Crippen molar-refractivity contribution in [1.29, 1.82) is 0 Å². The first-order valence-electron chi connectivity index (χ1n) is 3.48. The number of hydrogen-bond acceptors (Lipinski definition) is 0. The molecule has 0 aliphatic rings. The lowest BCUT2D eigenvalue weighted by Gasteiger charge is -2.01. The van der Waals surface area contributed by atoms with Gasteiger partial charge in [0.2, 0.25) is 0 Å². The van der Waals surface area contributed by atoms with Gasteiger partial charge in [0.25, 0.3) is 0 Å². The number of hydrogen-bond donors (Lipinski definition) is 0. The van der Waals surface area contributed by atoms with E-state index in [2.05, 4.69) is 6.58 Å². The van der Waals surface area contributed by atoms with Crippen LogP contribution in [0.15, 0.2) is 36.5 Å². The van der Waals surface area contributed by atoms with Gasteiger partial charge >= 0.3 is 6.18 Å². The molecule has 0 aromatic rings. The molecule has 0 N–H and O–H groups in total. The number of alkyl halides is 3. The summed E-state index contributed by atoms with van der Waals surface area (Å²) in [5.41, 5.74) is 0.590. The van der Waals surface area contributed by atoms with Crippen LogP contribution < -0.4 is 0 Å². The summed E-state index contributed by atoms with van der Waals surface area (Å²) in [5.74, 6) is 0. The molecule has 0 atom stereocenters. The maximum absolute atomic E-state index is 11.6. The average molecular weight is 176 g/mol. The summed E-state index contributed by atoms with van der Waals surface area (Å²) >= 11 is 0. The van der Waals surface area contributed by atoms with E-state index < -0.39 is 12.6 Å². The van der Waals surface area contributed by atoms with Crippen LogP contribution in [0.1, 0.15) is 13.3 Å². The Morgan fingerprint density at radius 1 is 1.42 bits per heavy atom. The Hall–Kier alpha value is -0.990. The minimum atomic E-state index is -4.11. The molecule has 0 heterocycles. The lowest BCUT2D eigenvalue weighted by Crippen LogP contribution is -2.04. The summed E-state index contributed by atoms with van der Waals surface area (Å²) in [4.78, 5) is 0. The second-order valence-corrected chi connectivity index (χ2v) is 2.36. The van der Waals surface area contributed by atoms with Crippen LogP contribution in [0.3, 0.4) is 0 Å². The van der Waals surface area contributed by atoms with Crippen LogP contribution in [-0.4, -0.2) is 6.18 Å². The van der Waals surface area contributed by atoms with Gasteiger partial charge in [-0.15, -0.1) is 0 Å². The summed E-state index contributed by atoms with van der Waals surface area (Å²) in [6, 6.07) is 0. The molecule has 0 aliphatic carbocycles. The molecule has 0 bridgehead atoms. The van der Waals surface area contributed by atoms with E-state index in [9.17, 15) is 13.2 Å². The molecule has 0 nitrogen and oxygen atoms in total. The molecule has 68 valence electrons. The molecule has 0 aliphatic heterocycles. The van der Waals surface area contributed by atoms with Crippen LogP contribution in [0.4, 0.5) is 13.2 Å². The first-order valence-corrected chi connectivity index (χ1v) is 3.48. The van der Waals surface area contributed by atoms with Gasteiger partial charge < -0.3 is 0 Å². The van der Waals surface area contributed by atoms with Crippen LogP contribution in [0, 0.1) is 0 Å². The lowest BCUT2D eigenvalue weighted by atomic mass is 10.2. The zero-order chi connectivity index (χ0) is 9.61. The van der Waals surface area contributed by atoms with E-state index in [4.69, 9.17) is 0 Å². The standard InChI is InChI=1S/C9H11F3/c1-3-4-5-8(2)6-7-9(10,11)12/h3-6H,1,7H2,2H3/b5-4-,8-6-. The van der Waals surface area contributed by atoms with Crippen molar-refractivity contribution in [3.05, 3.63) is 36.5 Å². The van der Waals surface area contributed by atoms with Crippen LogP contribution in [0.5, 0.6) is 0 Å². The fraction of sp³-hybridized carbons (Fsp3) is 0.333. The van der Waals surface area contributed by atoms with E-state index in [1.54, 1.807) is 19.1 Å². The van der Waals surface area contributed by atoms with Gasteiger partial charge in [-0.2, -0.15) is 13.2 Å². The van der Waals surface area contributed by atoms with Crippen molar-refractivity contribution in [1.82, 2.24) is 0 Å². The monoisotopic (exact) mass is 176 g/mol. The Labute approximate surface area is 70.1 Å². The van der Waals surface area contributed by atoms with Crippen LogP contribution >= 0.6 is 0 Å². The predicted molar refractivity (Wildman–Crippen MR) is 43.8 cm³/mol. The number of halogens is 3. The fourth-order valence-electron chi connectivity index (χ4n) is 0.565. The third-order valence-corrected chi connectivity index (χ3v) is 1.15. The van der Waals surface area contributed by atoms with Crippen molar-refractivity contribution in [3.8, 4) is 0 Å². The molecule has 0 amide bonds. The molecule has 0 saturated heterocycles. The highest BCUT2D eigenvalue weighted by Crippen LogP contribution is 2.20. The largest absolute Gasteiger partial charge is 0.392 e. The van der Waals surface area contributed by atoms with Crippen LogP contribution in [0.25, 0.3) is 0 Å². The normalized spacial score (nSPS) is 13.8. The first-order chi connectivity index (χ1) is 5.45. The summed E-state index contributed by atoms with van der Waals surface area (Å²) in [6.45, 7) is 5.02. The van der Waals surface area contributed by atoms with Crippen molar-refractivity contribution >= 4 is 0 Å². The first kappa shape index (κ1) is 11.0. The van der Waals surface area contributed by atoms with Gasteiger partial charge in [0, 0.05) is 0 Å². The highest BCUT2D eigenvalue weighted by atomic mass is 19.4. The third kappa shape index (κ3) is 7.12. The summed E-state index contributed by atoms with van der Waals surface area (Å²) in [7, 11) is 0. The average Bonchev–Trinajstić information content (AvgIpc) is 1.95. The van der Waals surface area contributed by atoms with Gasteiger partial charge in [-0.25, -0.2) is 0 Å². The summed E-state index contributed by atoms with van der Waals surface area (Å²) < 4.78 is 34.9. The molecule has 0 fully saturated rings. The van der Waals surface area contributed by atoms with Crippen molar-refractivity contribution in [2.75, 3.05) is 0 Å². The zero-order valence-electron chi connectivity index (χ0n) is 6.86. The minimum Gasteiger partial charge on any atom is -0.171 e. The molecule has 0 aromatic carbocycles. The van der Waals surface area contributed by atoms with Crippen LogP contribution in [-0.2, 0) is 0 Å². The molecule has 0 aromatic heterocycles. The maximum Gasteiger partial charge on any atom is 0.392 e. The second kappa shape index (κ2) is 4.80. The molecule has 3 heteroatoms. The smallest absolute Gasteiger partial charge is 0.171 e. The summed E-state index contributed by atoms with van der Waals surface area (Å²) in [6.07, 6.45) is 0.857. The SMILES string of the molecule is C=C/C=C\C(C)=C/CC(F)(F)F. The van der Waals surface area contributed by atoms with Gasteiger partial charge in [0.15, 0.2) is 0 Å².